The van der Waals surface area contributed by atoms with Crippen molar-refractivity contribution in [1.82, 2.24) is 20.0 Å². The Morgan fingerprint density at radius 1 is 1.24 bits per heavy atom. The molecule has 0 amide bonds. The highest BCUT2D eigenvalue weighted by Crippen LogP contribution is 2.35. The first-order chi connectivity index (χ1) is 7.89. The van der Waals surface area contributed by atoms with Gasteiger partial charge >= 0.3 is 6.18 Å². The predicted octanol–water partition coefficient (Wildman–Crippen LogP) is 2.75. The molecule has 0 atom stereocenters. The van der Waals surface area contributed by atoms with Crippen molar-refractivity contribution in [2.75, 3.05) is 0 Å². The highest BCUT2D eigenvalue weighted by molar-refractivity contribution is 9.10. The van der Waals surface area contributed by atoms with E-state index in [4.69, 9.17) is 0 Å². The van der Waals surface area contributed by atoms with Gasteiger partial charge in [-0.05, 0) is 35.0 Å². The molecule has 90 valence electrons. The second-order valence-electron chi connectivity index (χ2n) is 3.28. The molecule has 0 aromatic carbocycles. The fourth-order valence-electron chi connectivity index (χ4n) is 1.26. The average molecular weight is 307 g/mol. The van der Waals surface area contributed by atoms with Crippen LogP contribution in [0.4, 0.5) is 13.2 Å². The molecule has 8 heteroatoms. The van der Waals surface area contributed by atoms with Gasteiger partial charge in [0.05, 0.1) is 16.4 Å². The highest BCUT2D eigenvalue weighted by Gasteiger charge is 2.38. The van der Waals surface area contributed by atoms with Gasteiger partial charge in [-0.2, -0.15) is 23.4 Å². The Bertz CT molecular complexity index is 532. The van der Waals surface area contributed by atoms with Crippen molar-refractivity contribution in [1.29, 1.82) is 0 Å². The molecular formula is C9H6BrF3N4. The van der Waals surface area contributed by atoms with Crippen molar-refractivity contribution in [3.8, 4) is 5.82 Å². The van der Waals surface area contributed by atoms with Crippen LogP contribution in [0.15, 0.2) is 22.8 Å². The van der Waals surface area contributed by atoms with Gasteiger partial charge in [0.1, 0.15) is 0 Å². The summed E-state index contributed by atoms with van der Waals surface area (Å²) in [6, 6.07) is 3.00. The number of alkyl halides is 3. The molecule has 0 aliphatic carbocycles. The van der Waals surface area contributed by atoms with Crippen LogP contribution in [0.2, 0.25) is 0 Å². The third-order valence-electron chi connectivity index (χ3n) is 1.99. The van der Waals surface area contributed by atoms with Crippen molar-refractivity contribution in [2.45, 2.75) is 13.1 Å². The van der Waals surface area contributed by atoms with E-state index in [1.165, 1.54) is 6.07 Å². The predicted molar refractivity (Wildman–Crippen MR) is 56.6 cm³/mol. The van der Waals surface area contributed by atoms with Gasteiger partial charge in [0.15, 0.2) is 11.5 Å². The van der Waals surface area contributed by atoms with Crippen LogP contribution < -0.4 is 0 Å². The topological polar surface area (TPSA) is 43.6 Å². The van der Waals surface area contributed by atoms with E-state index in [0.29, 0.717) is 10.4 Å². The van der Waals surface area contributed by atoms with Crippen LogP contribution in [-0.4, -0.2) is 20.0 Å². The molecule has 0 aliphatic rings. The minimum Gasteiger partial charge on any atom is -0.207 e. The van der Waals surface area contributed by atoms with Crippen LogP contribution in [0, 0.1) is 6.92 Å². The fourth-order valence-corrected chi connectivity index (χ4v) is 1.75. The van der Waals surface area contributed by atoms with Crippen molar-refractivity contribution >= 4 is 15.9 Å². The summed E-state index contributed by atoms with van der Waals surface area (Å²) in [5, 5.41) is 11.0. The van der Waals surface area contributed by atoms with Gasteiger partial charge in [-0.3, -0.25) is 0 Å². The van der Waals surface area contributed by atoms with Gasteiger partial charge in [-0.25, -0.2) is 4.68 Å². The van der Waals surface area contributed by atoms with Crippen molar-refractivity contribution < 1.29 is 13.2 Å². The van der Waals surface area contributed by atoms with E-state index in [0.717, 1.165) is 6.20 Å². The minimum absolute atomic E-state index is 0.0219. The first-order valence-electron chi connectivity index (χ1n) is 4.51. The Morgan fingerprint density at radius 3 is 2.47 bits per heavy atom. The summed E-state index contributed by atoms with van der Waals surface area (Å²) in [5.74, 6) is 0.0219. The lowest BCUT2D eigenvalue weighted by Crippen LogP contribution is -2.15. The van der Waals surface area contributed by atoms with Gasteiger partial charge in [0, 0.05) is 0 Å². The van der Waals surface area contributed by atoms with Gasteiger partial charge in [-0.1, -0.05) is 0 Å². The normalized spacial score (nSPS) is 11.8. The minimum atomic E-state index is -4.51. The molecule has 2 heterocycles. The van der Waals surface area contributed by atoms with E-state index in [9.17, 15) is 13.2 Å². The maximum atomic E-state index is 12.8. The molecule has 17 heavy (non-hydrogen) atoms. The summed E-state index contributed by atoms with van der Waals surface area (Å²) >= 11 is 2.81. The molecule has 0 saturated carbocycles. The van der Waals surface area contributed by atoms with E-state index < -0.39 is 11.9 Å². The Balaban J connectivity index is 2.57. The molecule has 2 rings (SSSR count). The number of rotatable bonds is 1. The summed E-state index contributed by atoms with van der Waals surface area (Å²) in [5.41, 5.74) is -0.288. The van der Waals surface area contributed by atoms with E-state index in [1.54, 1.807) is 13.0 Å². The molecular weight excluding hydrogens is 301 g/mol. The summed E-state index contributed by atoms with van der Waals surface area (Å²) < 4.78 is 38.9. The maximum Gasteiger partial charge on any atom is 0.434 e. The van der Waals surface area contributed by atoms with Crippen LogP contribution in [0.25, 0.3) is 5.82 Å². The molecule has 0 fully saturated rings. The Kier molecular flexibility index (Phi) is 2.90. The van der Waals surface area contributed by atoms with E-state index in [-0.39, 0.29) is 10.3 Å². The second-order valence-corrected chi connectivity index (χ2v) is 4.14. The van der Waals surface area contributed by atoms with Crippen LogP contribution in [0.1, 0.15) is 11.4 Å². The molecule has 4 nitrogen and oxygen atoms in total. The fraction of sp³-hybridized carbons (Fsp3) is 0.222. The molecule has 0 N–H and O–H groups in total. The summed E-state index contributed by atoms with van der Waals surface area (Å²) in [6.07, 6.45) is -3.44. The Labute approximate surface area is 103 Å². The van der Waals surface area contributed by atoms with Crippen molar-refractivity contribution in [3.05, 3.63) is 34.2 Å². The third-order valence-corrected chi connectivity index (χ3v) is 2.57. The van der Waals surface area contributed by atoms with E-state index >= 15 is 0 Å². The van der Waals surface area contributed by atoms with Crippen LogP contribution in [-0.2, 0) is 6.18 Å². The van der Waals surface area contributed by atoms with Crippen LogP contribution in [0.3, 0.4) is 0 Å². The average Bonchev–Trinajstić information content (AvgIpc) is 2.61. The number of hydrogen-bond acceptors (Lipinski definition) is 3. The number of aromatic nitrogens is 4. The summed E-state index contributed by atoms with van der Waals surface area (Å²) in [4.78, 5) is 0. The van der Waals surface area contributed by atoms with Gasteiger partial charge < -0.3 is 0 Å². The molecule has 0 aliphatic heterocycles. The summed E-state index contributed by atoms with van der Waals surface area (Å²) in [7, 11) is 0. The second kappa shape index (κ2) is 4.10. The lowest BCUT2D eigenvalue weighted by molar-refractivity contribution is -0.143. The van der Waals surface area contributed by atoms with Crippen molar-refractivity contribution in [2.24, 2.45) is 0 Å². The zero-order valence-electron chi connectivity index (χ0n) is 8.53. The SMILES string of the molecule is Cc1ccc(-n2ncc(Br)c2C(F)(F)F)nn1. The van der Waals surface area contributed by atoms with Gasteiger partial charge in [0.25, 0.3) is 0 Å². The molecule has 2 aromatic heterocycles. The van der Waals surface area contributed by atoms with Crippen molar-refractivity contribution in [3.63, 3.8) is 0 Å². The lowest BCUT2D eigenvalue weighted by Gasteiger charge is -2.09. The van der Waals surface area contributed by atoms with Gasteiger partial charge in [-0.15, -0.1) is 5.10 Å². The van der Waals surface area contributed by atoms with E-state index in [2.05, 4.69) is 31.2 Å². The maximum absolute atomic E-state index is 12.8. The molecule has 0 saturated heterocycles. The summed E-state index contributed by atoms with van der Waals surface area (Å²) in [6.45, 7) is 1.69. The van der Waals surface area contributed by atoms with E-state index in [1.807, 2.05) is 0 Å². The molecule has 0 spiro atoms. The smallest absolute Gasteiger partial charge is 0.207 e. The number of halogens is 4. The lowest BCUT2D eigenvalue weighted by atomic mass is 10.4. The van der Waals surface area contributed by atoms with Crippen LogP contribution >= 0.6 is 15.9 Å². The zero-order valence-corrected chi connectivity index (χ0v) is 10.1. The first-order valence-corrected chi connectivity index (χ1v) is 5.30. The Morgan fingerprint density at radius 2 is 1.94 bits per heavy atom. The molecule has 2 aromatic rings. The standard InChI is InChI=1S/C9H6BrF3N4/c1-5-2-3-7(16-15-5)17-8(9(11,12)13)6(10)4-14-17/h2-4H,1H3. The Hall–Kier alpha value is -1.44. The number of nitrogens with zero attached hydrogens (tertiary/aromatic N) is 4. The molecule has 0 bridgehead atoms. The van der Waals surface area contributed by atoms with Gasteiger partial charge in [0.2, 0.25) is 0 Å². The third kappa shape index (κ3) is 2.31. The highest BCUT2D eigenvalue weighted by atomic mass is 79.9. The molecule has 0 radical (unpaired) electrons. The first kappa shape index (κ1) is 12.0. The quantitative estimate of drug-likeness (QED) is 0.813. The monoisotopic (exact) mass is 306 g/mol. The van der Waals surface area contributed by atoms with Crippen LogP contribution in [0.5, 0.6) is 0 Å². The number of hydrogen-bond donors (Lipinski definition) is 0. The molecule has 0 unspecified atom stereocenters. The number of aryl methyl sites for hydroxylation is 1. The largest absolute Gasteiger partial charge is 0.434 e. The zero-order chi connectivity index (χ0) is 12.6.